The Balaban J connectivity index is 2.07. The first kappa shape index (κ1) is 14.7. The number of allylic oxidation sites excluding steroid dienone is 3. The number of hydrogen-bond donors (Lipinski definition) is 0. The van der Waals surface area contributed by atoms with Crippen LogP contribution in [-0.2, 0) is 4.79 Å². The molecule has 1 saturated carbocycles. The summed E-state index contributed by atoms with van der Waals surface area (Å²) in [5.41, 5.74) is 1.32. The van der Waals surface area contributed by atoms with E-state index in [9.17, 15) is 4.79 Å². The van der Waals surface area contributed by atoms with E-state index in [0.717, 1.165) is 24.4 Å². The lowest BCUT2D eigenvalue weighted by atomic mass is 10.0. The van der Waals surface area contributed by atoms with Crippen molar-refractivity contribution in [2.45, 2.75) is 59.3 Å². The third kappa shape index (κ3) is 3.44. The summed E-state index contributed by atoms with van der Waals surface area (Å²) in [4.78, 5) is 16.0. The summed E-state index contributed by atoms with van der Waals surface area (Å²) in [7, 11) is 0. The summed E-state index contributed by atoms with van der Waals surface area (Å²) in [5, 5.41) is 1.15. The lowest BCUT2D eigenvalue weighted by Gasteiger charge is -2.21. The van der Waals surface area contributed by atoms with E-state index >= 15 is 0 Å². The van der Waals surface area contributed by atoms with E-state index in [2.05, 4.69) is 25.7 Å². The van der Waals surface area contributed by atoms with Crippen molar-refractivity contribution in [1.29, 1.82) is 0 Å². The Morgan fingerprint density at radius 1 is 1.37 bits per heavy atom. The highest BCUT2D eigenvalue weighted by Gasteiger charge is 2.26. The zero-order chi connectivity index (χ0) is 13.8. The molecule has 0 radical (unpaired) electrons. The van der Waals surface area contributed by atoms with E-state index < -0.39 is 0 Å². The molecule has 3 heteroatoms. The highest BCUT2D eigenvalue weighted by atomic mass is 32.2. The SMILES string of the molecule is CCCCN1C(C)=C(C)S/C1=C\C(=O)C1CCCC1. The van der Waals surface area contributed by atoms with E-state index in [0.29, 0.717) is 11.7 Å². The minimum Gasteiger partial charge on any atom is -0.339 e. The first-order valence-corrected chi connectivity index (χ1v) is 8.33. The molecule has 106 valence electrons. The van der Waals surface area contributed by atoms with E-state index in [1.807, 2.05) is 6.08 Å². The van der Waals surface area contributed by atoms with Crippen molar-refractivity contribution in [1.82, 2.24) is 4.90 Å². The summed E-state index contributed by atoms with van der Waals surface area (Å²) >= 11 is 1.77. The van der Waals surface area contributed by atoms with Crippen LogP contribution in [-0.4, -0.2) is 17.2 Å². The van der Waals surface area contributed by atoms with Crippen LogP contribution in [0.4, 0.5) is 0 Å². The van der Waals surface area contributed by atoms with E-state index in [1.165, 1.54) is 36.3 Å². The van der Waals surface area contributed by atoms with Crippen LogP contribution in [0.2, 0.25) is 0 Å². The zero-order valence-corrected chi connectivity index (χ0v) is 13.2. The first-order valence-electron chi connectivity index (χ1n) is 7.52. The van der Waals surface area contributed by atoms with E-state index in [4.69, 9.17) is 0 Å². The van der Waals surface area contributed by atoms with E-state index in [1.54, 1.807) is 11.8 Å². The van der Waals surface area contributed by atoms with Gasteiger partial charge in [-0.2, -0.15) is 0 Å². The molecule has 0 aromatic heterocycles. The Bertz CT molecular complexity index is 405. The monoisotopic (exact) mass is 279 g/mol. The van der Waals surface area contributed by atoms with Crippen LogP contribution in [0.5, 0.6) is 0 Å². The number of unbranched alkanes of at least 4 members (excludes halogenated alkanes) is 1. The van der Waals surface area contributed by atoms with Crippen molar-refractivity contribution in [3.8, 4) is 0 Å². The van der Waals surface area contributed by atoms with Gasteiger partial charge in [0.2, 0.25) is 0 Å². The molecule has 1 aliphatic heterocycles. The molecule has 2 nitrogen and oxygen atoms in total. The Hall–Kier alpha value is -0.700. The van der Waals surface area contributed by atoms with Gasteiger partial charge < -0.3 is 4.90 Å². The number of carbonyl (C=O) groups excluding carboxylic acids is 1. The molecule has 0 amide bonds. The fourth-order valence-electron chi connectivity index (χ4n) is 2.79. The van der Waals surface area contributed by atoms with Gasteiger partial charge >= 0.3 is 0 Å². The molecular formula is C16H25NOS. The number of rotatable bonds is 5. The van der Waals surface area contributed by atoms with Crippen LogP contribution < -0.4 is 0 Å². The van der Waals surface area contributed by atoms with Gasteiger partial charge in [-0.25, -0.2) is 0 Å². The number of hydrogen-bond acceptors (Lipinski definition) is 3. The Morgan fingerprint density at radius 2 is 2.05 bits per heavy atom. The fourth-order valence-corrected chi connectivity index (χ4v) is 3.88. The van der Waals surface area contributed by atoms with Crippen molar-refractivity contribution < 1.29 is 4.79 Å². The van der Waals surface area contributed by atoms with Gasteiger partial charge in [-0.15, -0.1) is 0 Å². The van der Waals surface area contributed by atoms with Crippen LogP contribution in [0.3, 0.4) is 0 Å². The topological polar surface area (TPSA) is 20.3 Å². The summed E-state index contributed by atoms with van der Waals surface area (Å²) in [6.45, 7) is 7.57. The predicted molar refractivity (Wildman–Crippen MR) is 82.6 cm³/mol. The summed E-state index contributed by atoms with van der Waals surface area (Å²) in [6.07, 6.45) is 8.92. The molecule has 2 aliphatic rings. The van der Waals surface area contributed by atoms with Crippen LogP contribution >= 0.6 is 11.8 Å². The standard InChI is InChI=1S/C16H25NOS/c1-4-5-10-17-12(2)13(3)19-16(17)11-15(18)14-8-6-7-9-14/h11,14H,4-10H2,1-3H3/b16-11-. The largest absolute Gasteiger partial charge is 0.339 e. The molecule has 1 aliphatic carbocycles. The van der Waals surface area contributed by atoms with Crippen molar-refractivity contribution in [2.75, 3.05) is 6.54 Å². The maximum atomic E-state index is 12.3. The molecule has 0 aromatic rings. The lowest BCUT2D eigenvalue weighted by molar-refractivity contribution is -0.118. The molecule has 2 rings (SSSR count). The Kier molecular flexibility index (Phi) is 5.14. The molecule has 0 bridgehead atoms. The van der Waals surface area contributed by atoms with Gasteiger partial charge in [0.1, 0.15) is 0 Å². The van der Waals surface area contributed by atoms with Crippen molar-refractivity contribution >= 4 is 17.5 Å². The van der Waals surface area contributed by atoms with Crippen LogP contribution in [0.1, 0.15) is 59.3 Å². The molecule has 0 saturated heterocycles. The fraction of sp³-hybridized carbons (Fsp3) is 0.688. The minimum absolute atomic E-state index is 0.294. The summed E-state index contributed by atoms with van der Waals surface area (Å²) in [6, 6.07) is 0. The van der Waals surface area contributed by atoms with Gasteiger partial charge in [-0.05, 0) is 33.1 Å². The van der Waals surface area contributed by atoms with Crippen LogP contribution in [0.25, 0.3) is 0 Å². The second-order valence-electron chi connectivity index (χ2n) is 5.62. The van der Waals surface area contributed by atoms with Crippen LogP contribution in [0.15, 0.2) is 21.7 Å². The van der Waals surface area contributed by atoms with Gasteiger partial charge in [-0.3, -0.25) is 4.79 Å². The molecule has 0 unspecified atom stereocenters. The summed E-state index contributed by atoms with van der Waals surface area (Å²) in [5.74, 6) is 0.645. The number of carbonyl (C=O) groups is 1. The van der Waals surface area contributed by atoms with Gasteiger partial charge in [-0.1, -0.05) is 37.9 Å². The smallest absolute Gasteiger partial charge is 0.161 e. The number of thioether (sulfide) groups is 1. The molecule has 1 fully saturated rings. The van der Waals surface area contributed by atoms with Crippen molar-refractivity contribution in [2.24, 2.45) is 5.92 Å². The molecule has 0 atom stereocenters. The third-order valence-corrected chi connectivity index (χ3v) is 5.35. The predicted octanol–water partition coefficient (Wildman–Crippen LogP) is 4.69. The van der Waals surface area contributed by atoms with Crippen LogP contribution in [0, 0.1) is 5.92 Å². The van der Waals surface area contributed by atoms with Gasteiger partial charge in [0.15, 0.2) is 5.78 Å². The Labute approximate surface area is 121 Å². The highest BCUT2D eigenvalue weighted by Crippen LogP contribution is 2.41. The molecule has 19 heavy (non-hydrogen) atoms. The highest BCUT2D eigenvalue weighted by molar-refractivity contribution is 8.06. The van der Waals surface area contributed by atoms with Gasteiger partial charge in [0.05, 0.1) is 5.03 Å². The minimum atomic E-state index is 0.294. The third-order valence-electron chi connectivity index (χ3n) is 4.20. The Morgan fingerprint density at radius 3 is 2.68 bits per heavy atom. The lowest BCUT2D eigenvalue weighted by Crippen LogP contribution is -2.19. The zero-order valence-electron chi connectivity index (χ0n) is 12.4. The van der Waals surface area contributed by atoms with Gasteiger partial charge in [0, 0.05) is 29.1 Å². The summed E-state index contributed by atoms with van der Waals surface area (Å²) < 4.78 is 0. The molecular weight excluding hydrogens is 254 g/mol. The second kappa shape index (κ2) is 6.65. The molecule has 0 aromatic carbocycles. The quantitative estimate of drug-likeness (QED) is 0.681. The molecule has 0 spiro atoms. The first-order chi connectivity index (χ1) is 9.13. The maximum absolute atomic E-state index is 12.3. The number of ketones is 1. The molecule has 0 N–H and O–H groups in total. The second-order valence-corrected chi connectivity index (χ2v) is 6.85. The maximum Gasteiger partial charge on any atom is 0.161 e. The molecule has 1 heterocycles. The number of nitrogens with zero attached hydrogens (tertiary/aromatic N) is 1. The average molecular weight is 279 g/mol. The van der Waals surface area contributed by atoms with Crippen molar-refractivity contribution in [3.05, 3.63) is 21.7 Å². The van der Waals surface area contributed by atoms with Crippen molar-refractivity contribution in [3.63, 3.8) is 0 Å². The van der Waals surface area contributed by atoms with E-state index in [-0.39, 0.29) is 0 Å². The normalized spacial score (nSPS) is 22.9. The van der Waals surface area contributed by atoms with Gasteiger partial charge in [0.25, 0.3) is 0 Å². The average Bonchev–Trinajstić information content (AvgIpc) is 2.99.